The minimum Gasteiger partial charge on any atom is -0.328 e. The molecule has 1 nitrogen and oxygen atoms in total. The van der Waals surface area contributed by atoms with E-state index in [2.05, 4.69) is 20.8 Å². The summed E-state index contributed by atoms with van der Waals surface area (Å²) in [5.41, 5.74) is 5.94. The first-order valence-corrected chi connectivity index (χ1v) is 5.40. The molecule has 0 radical (unpaired) electrons. The zero-order valence-corrected chi connectivity index (χ0v) is 8.72. The average Bonchev–Trinajstić information content (AvgIpc) is 2.71. The van der Waals surface area contributed by atoms with Gasteiger partial charge in [0, 0.05) is 6.04 Å². The van der Waals surface area contributed by atoms with Gasteiger partial charge in [-0.25, -0.2) is 0 Å². The molecule has 0 amide bonds. The van der Waals surface area contributed by atoms with Gasteiger partial charge in [0.2, 0.25) is 0 Å². The van der Waals surface area contributed by atoms with Gasteiger partial charge < -0.3 is 5.73 Å². The lowest BCUT2D eigenvalue weighted by atomic mass is 9.83. The average molecular weight is 169 g/mol. The molecular weight excluding hydrogens is 146 g/mol. The topological polar surface area (TPSA) is 26.0 Å². The summed E-state index contributed by atoms with van der Waals surface area (Å²) in [6.45, 7) is 6.78. The lowest BCUT2D eigenvalue weighted by Gasteiger charge is -2.26. The van der Waals surface area contributed by atoms with Gasteiger partial charge in [-0.1, -0.05) is 33.1 Å². The van der Waals surface area contributed by atoms with E-state index < -0.39 is 0 Å². The zero-order chi connectivity index (χ0) is 9.14. The third kappa shape index (κ3) is 2.78. The molecule has 0 bridgehead atoms. The van der Waals surface area contributed by atoms with Crippen LogP contribution in [0.4, 0.5) is 0 Å². The third-order valence-corrected chi connectivity index (χ3v) is 3.28. The molecule has 12 heavy (non-hydrogen) atoms. The lowest BCUT2D eigenvalue weighted by molar-refractivity contribution is 0.277. The van der Waals surface area contributed by atoms with Gasteiger partial charge in [0.15, 0.2) is 0 Å². The molecule has 1 saturated carbocycles. The van der Waals surface area contributed by atoms with Gasteiger partial charge in [0.25, 0.3) is 0 Å². The van der Waals surface area contributed by atoms with Gasteiger partial charge in [-0.3, -0.25) is 0 Å². The quantitative estimate of drug-likeness (QED) is 0.673. The Kier molecular flexibility index (Phi) is 3.57. The fourth-order valence-corrected chi connectivity index (χ4v) is 2.35. The van der Waals surface area contributed by atoms with Gasteiger partial charge in [0.1, 0.15) is 0 Å². The maximum absolute atomic E-state index is 5.94. The fraction of sp³-hybridized carbons (Fsp3) is 1.00. The SMILES string of the molecule is CCC(C(C)N)C(C)CC1CC1. The standard InChI is InChI=1S/C11H23N/c1-4-11(9(3)12)8(2)7-10-5-6-10/h8-11H,4-7,12H2,1-3H3. The minimum absolute atomic E-state index is 0.378. The van der Waals surface area contributed by atoms with Crippen LogP contribution in [0.15, 0.2) is 0 Å². The van der Waals surface area contributed by atoms with Crippen LogP contribution in [-0.2, 0) is 0 Å². The van der Waals surface area contributed by atoms with Crippen LogP contribution in [0.25, 0.3) is 0 Å². The van der Waals surface area contributed by atoms with Gasteiger partial charge in [-0.15, -0.1) is 0 Å². The van der Waals surface area contributed by atoms with Crippen molar-refractivity contribution < 1.29 is 0 Å². The summed E-state index contributed by atoms with van der Waals surface area (Å²) in [7, 11) is 0. The van der Waals surface area contributed by atoms with Gasteiger partial charge >= 0.3 is 0 Å². The smallest absolute Gasteiger partial charge is 0.00412 e. The number of hydrogen-bond donors (Lipinski definition) is 1. The van der Waals surface area contributed by atoms with E-state index in [-0.39, 0.29) is 0 Å². The fourth-order valence-electron chi connectivity index (χ4n) is 2.35. The third-order valence-electron chi connectivity index (χ3n) is 3.28. The van der Waals surface area contributed by atoms with Crippen LogP contribution in [0.3, 0.4) is 0 Å². The van der Waals surface area contributed by atoms with Crippen LogP contribution in [0.5, 0.6) is 0 Å². The van der Waals surface area contributed by atoms with Crippen LogP contribution in [-0.4, -0.2) is 6.04 Å². The number of rotatable bonds is 5. The molecule has 1 aliphatic rings. The molecule has 0 aliphatic heterocycles. The van der Waals surface area contributed by atoms with Crippen molar-refractivity contribution in [1.82, 2.24) is 0 Å². The monoisotopic (exact) mass is 169 g/mol. The van der Waals surface area contributed by atoms with Crippen LogP contribution in [0.2, 0.25) is 0 Å². The maximum atomic E-state index is 5.94. The molecule has 1 rings (SSSR count). The van der Waals surface area contributed by atoms with Crippen molar-refractivity contribution in [1.29, 1.82) is 0 Å². The second kappa shape index (κ2) is 4.27. The summed E-state index contributed by atoms with van der Waals surface area (Å²) in [6, 6.07) is 0.378. The van der Waals surface area contributed by atoms with Crippen LogP contribution < -0.4 is 5.73 Å². The van der Waals surface area contributed by atoms with Crippen molar-refractivity contribution >= 4 is 0 Å². The van der Waals surface area contributed by atoms with Crippen molar-refractivity contribution in [2.24, 2.45) is 23.5 Å². The van der Waals surface area contributed by atoms with Crippen LogP contribution in [0, 0.1) is 17.8 Å². The number of hydrogen-bond acceptors (Lipinski definition) is 1. The van der Waals surface area contributed by atoms with E-state index in [1.807, 2.05) is 0 Å². The first-order chi connectivity index (χ1) is 5.65. The maximum Gasteiger partial charge on any atom is 0.00412 e. The van der Waals surface area contributed by atoms with Crippen molar-refractivity contribution in [2.45, 2.75) is 52.5 Å². The molecule has 0 heterocycles. The Morgan fingerprint density at radius 2 is 1.92 bits per heavy atom. The molecule has 72 valence electrons. The highest BCUT2D eigenvalue weighted by atomic mass is 14.6. The summed E-state index contributed by atoms with van der Waals surface area (Å²) in [4.78, 5) is 0. The molecule has 1 heteroatoms. The van der Waals surface area contributed by atoms with E-state index in [0.717, 1.165) is 17.8 Å². The second-order valence-electron chi connectivity index (χ2n) is 4.59. The van der Waals surface area contributed by atoms with E-state index >= 15 is 0 Å². The normalized spacial score (nSPS) is 25.0. The molecule has 2 N–H and O–H groups in total. The summed E-state index contributed by atoms with van der Waals surface area (Å²) in [5.74, 6) is 2.63. The Labute approximate surface area is 76.7 Å². The largest absolute Gasteiger partial charge is 0.328 e. The molecule has 3 unspecified atom stereocenters. The van der Waals surface area contributed by atoms with Gasteiger partial charge in [-0.05, 0) is 31.1 Å². The Morgan fingerprint density at radius 1 is 1.33 bits per heavy atom. The Hall–Kier alpha value is -0.0400. The van der Waals surface area contributed by atoms with Crippen LogP contribution in [0.1, 0.15) is 46.5 Å². The molecule has 1 fully saturated rings. The van der Waals surface area contributed by atoms with E-state index in [4.69, 9.17) is 5.73 Å². The predicted molar refractivity (Wildman–Crippen MR) is 53.9 cm³/mol. The molecule has 0 aromatic heterocycles. The summed E-state index contributed by atoms with van der Waals surface area (Å²) < 4.78 is 0. The van der Waals surface area contributed by atoms with E-state index in [1.165, 1.54) is 25.7 Å². The molecular formula is C11H23N. The van der Waals surface area contributed by atoms with Crippen molar-refractivity contribution in [3.63, 3.8) is 0 Å². The van der Waals surface area contributed by atoms with Gasteiger partial charge in [-0.2, -0.15) is 0 Å². The van der Waals surface area contributed by atoms with Crippen molar-refractivity contribution in [3.8, 4) is 0 Å². The van der Waals surface area contributed by atoms with E-state index in [0.29, 0.717) is 6.04 Å². The summed E-state index contributed by atoms with van der Waals surface area (Å²) >= 11 is 0. The summed E-state index contributed by atoms with van der Waals surface area (Å²) in [5, 5.41) is 0. The Bertz CT molecular complexity index is 127. The van der Waals surface area contributed by atoms with Gasteiger partial charge in [0.05, 0.1) is 0 Å². The Morgan fingerprint density at radius 3 is 2.25 bits per heavy atom. The lowest BCUT2D eigenvalue weighted by Crippen LogP contribution is -2.31. The molecule has 1 aliphatic carbocycles. The zero-order valence-electron chi connectivity index (χ0n) is 8.72. The first-order valence-electron chi connectivity index (χ1n) is 5.40. The molecule has 0 aromatic rings. The second-order valence-corrected chi connectivity index (χ2v) is 4.59. The molecule has 0 spiro atoms. The Balaban J connectivity index is 2.29. The number of nitrogens with two attached hydrogens (primary N) is 1. The van der Waals surface area contributed by atoms with Crippen molar-refractivity contribution in [3.05, 3.63) is 0 Å². The highest BCUT2D eigenvalue weighted by Crippen LogP contribution is 2.38. The highest BCUT2D eigenvalue weighted by molar-refractivity contribution is 4.80. The van der Waals surface area contributed by atoms with Crippen molar-refractivity contribution in [2.75, 3.05) is 0 Å². The molecule has 0 saturated heterocycles. The van der Waals surface area contributed by atoms with E-state index in [1.54, 1.807) is 0 Å². The molecule has 3 atom stereocenters. The highest BCUT2D eigenvalue weighted by Gasteiger charge is 2.28. The van der Waals surface area contributed by atoms with Crippen LogP contribution >= 0.6 is 0 Å². The van der Waals surface area contributed by atoms with E-state index in [9.17, 15) is 0 Å². The predicted octanol–water partition coefficient (Wildman–Crippen LogP) is 2.80. The summed E-state index contributed by atoms with van der Waals surface area (Å²) in [6.07, 6.45) is 5.60. The molecule has 0 aromatic carbocycles. The first kappa shape index (κ1) is 10.0. The minimum atomic E-state index is 0.378.